The highest BCUT2D eigenvalue weighted by Gasteiger charge is 2.15. The maximum absolute atomic E-state index is 5.51. The fraction of sp³-hybridized carbons (Fsp3) is 0.368. The van der Waals surface area contributed by atoms with Gasteiger partial charge >= 0.3 is 0 Å². The molecular formula is C19H27N5. The fourth-order valence-corrected chi connectivity index (χ4v) is 3.14. The van der Waals surface area contributed by atoms with Crippen molar-refractivity contribution in [3.63, 3.8) is 0 Å². The molecule has 1 saturated heterocycles. The van der Waals surface area contributed by atoms with E-state index in [0.717, 1.165) is 41.8 Å². The number of nitrogens with zero attached hydrogens (tertiary/aromatic N) is 1. The molecule has 0 amide bonds. The first-order chi connectivity index (χ1) is 11.7. The summed E-state index contributed by atoms with van der Waals surface area (Å²) in [6.45, 7) is 4.66. The molecule has 1 heterocycles. The summed E-state index contributed by atoms with van der Waals surface area (Å²) in [6.07, 6.45) is 2.57. The third-order valence-electron chi connectivity index (χ3n) is 4.75. The predicted molar refractivity (Wildman–Crippen MR) is 104 cm³/mol. The number of benzene rings is 2. The number of anilines is 5. The van der Waals surface area contributed by atoms with E-state index in [-0.39, 0.29) is 0 Å². The second-order valence-electron chi connectivity index (χ2n) is 6.50. The van der Waals surface area contributed by atoms with E-state index in [9.17, 15) is 0 Å². The maximum atomic E-state index is 5.51. The van der Waals surface area contributed by atoms with Gasteiger partial charge in [0.05, 0.1) is 11.4 Å². The van der Waals surface area contributed by atoms with Crippen LogP contribution in [0.1, 0.15) is 19.8 Å². The van der Waals surface area contributed by atoms with Crippen LogP contribution in [0.15, 0.2) is 42.5 Å². The quantitative estimate of drug-likeness (QED) is 0.494. The van der Waals surface area contributed by atoms with E-state index in [2.05, 4.69) is 52.1 Å². The minimum absolute atomic E-state index is 0.856. The van der Waals surface area contributed by atoms with E-state index in [0.29, 0.717) is 0 Å². The third kappa shape index (κ3) is 3.74. The van der Waals surface area contributed by atoms with Crippen LogP contribution in [0.2, 0.25) is 0 Å². The van der Waals surface area contributed by atoms with Crippen LogP contribution in [0.4, 0.5) is 28.4 Å². The van der Waals surface area contributed by atoms with Crippen molar-refractivity contribution in [3.8, 4) is 0 Å². The molecule has 0 saturated carbocycles. The molecule has 0 bridgehead atoms. The number of hydrazine groups is 1. The first-order valence-electron chi connectivity index (χ1n) is 8.60. The molecule has 1 aliphatic heterocycles. The molecular weight excluding hydrogens is 298 g/mol. The number of hydrogen-bond donors (Lipinski definition) is 4. The molecule has 5 nitrogen and oxygen atoms in total. The number of nitrogens with one attached hydrogen (secondary N) is 3. The molecule has 0 aromatic heterocycles. The van der Waals surface area contributed by atoms with Gasteiger partial charge in [0.15, 0.2) is 0 Å². The summed E-state index contributed by atoms with van der Waals surface area (Å²) in [5.74, 6) is 6.37. The SMILES string of the molecule is CNc1cc(Nc2ccc(N3CCC(C)CC3)cc2)ccc1NN. The van der Waals surface area contributed by atoms with Gasteiger partial charge in [0.1, 0.15) is 0 Å². The number of nitrogen functional groups attached to an aromatic ring is 1. The number of hydrogen-bond acceptors (Lipinski definition) is 5. The lowest BCUT2D eigenvalue weighted by atomic mass is 9.99. The number of rotatable bonds is 5. The Hall–Kier alpha value is -2.40. The molecule has 0 aliphatic carbocycles. The van der Waals surface area contributed by atoms with E-state index in [4.69, 9.17) is 5.84 Å². The zero-order valence-electron chi connectivity index (χ0n) is 14.5. The van der Waals surface area contributed by atoms with Gasteiger partial charge in [-0.3, -0.25) is 5.84 Å². The second-order valence-corrected chi connectivity index (χ2v) is 6.50. The summed E-state index contributed by atoms with van der Waals surface area (Å²) in [7, 11) is 1.88. The van der Waals surface area contributed by atoms with Gasteiger partial charge in [-0.15, -0.1) is 0 Å². The van der Waals surface area contributed by atoms with Crippen LogP contribution < -0.4 is 26.8 Å². The van der Waals surface area contributed by atoms with Crippen molar-refractivity contribution in [2.45, 2.75) is 19.8 Å². The van der Waals surface area contributed by atoms with Crippen LogP contribution in [-0.4, -0.2) is 20.1 Å². The largest absolute Gasteiger partial charge is 0.386 e. The molecule has 0 spiro atoms. The minimum Gasteiger partial charge on any atom is -0.386 e. The van der Waals surface area contributed by atoms with E-state index in [1.165, 1.54) is 18.5 Å². The van der Waals surface area contributed by atoms with Crippen LogP contribution in [-0.2, 0) is 0 Å². The molecule has 2 aromatic rings. The van der Waals surface area contributed by atoms with Crippen LogP contribution in [0.3, 0.4) is 0 Å². The lowest BCUT2D eigenvalue weighted by Crippen LogP contribution is -2.32. The first kappa shape index (κ1) is 16.5. The lowest BCUT2D eigenvalue weighted by Gasteiger charge is -2.32. The average molecular weight is 325 g/mol. The van der Waals surface area contributed by atoms with Gasteiger partial charge in [0.25, 0.3) is 0 Å². The molecule has 5 N–H and O–H groups in total. The molecule has 1 aliphatic rings. The summed E-state index contributed by atoms with van der Waals surface area (Å²) in [4.78, 5) is 2.48. The summed E-state index contributed by atoms with van der Waals surface area (Å²) >= 11 is 0. The van der Waals surface area contributed by atoms with Crippen LogP contribution in [0.5, 0.6) is 0 Å². The second kappa shape index (κ2) is 7.45. The highest BCUT2D eigenvalue weighted by atomic mass is 15.2. The summed E-state index contributed by atoms with van der Waals surface area (Å²) in [5.41, 5.74) is 7.94. The van der Waals surface area contributed by atoms with Gasteiger partial charge in [0, 0.05) is 37.2 Å². The summed E-state index contributed by atoms with van der Waals surface area (Å²) in [5, 5.41) is 6.58. The zero-order valence-corrected chi connectivity index (χ0v) is 14.5. The van der Waals surface area contributed by atoms with Crippen molar-refractivity contribution in [1.82, 2.24) is 0 Å². The number of nitrogens with two attached hydrogens (primary N) is 1. The van der Waals surface area contributed by atoms with Crippen molar-refractivity contribution in [2.24, 2.45) is 11.8 Å². The first-order valence-corrected chi connectivity index (χ1v) is 8.60. The van der Waals surface area contributed by atoms with Gasteiger partial charge < -0.3 is 21.0 Å². The van der Waals surface area contributed by atoms with Gasteiger partial charge in [-0.2, -0.15) is 0 Å². The standard InChI is InChI=1S/C19H27N5/c1-14-9-11-24(12-10-14)17-6-3-15(4-7-17)22-16-5-8-18(23-20)19(13-16)21-2/h3-8,13-14,21-23H,9-12,20H2,1-2H3. The van der Waals surface area contributed by atoms with Crippen LogP contribution in [0, 0.1) is 5.92 Å². The van der Waals surface area contributed by atoms with Crippen molar-refractivity contribution in [3.05, 3.63) is 42.5 Å². The van der Waals surface area contributed by atoms with Crippen molar-refractivity contribution >= 4 is 28.4 Å². The molecule has 24 heavy (non-hydrogen) atoms. The Morgan fingerprint density at radius 2 is 1.62 bits per heavy atom. The highest BCUT2D eigenvalue weighted by Crippen LogP contribution is 2.28. The Morgan fingerprint density at radius 1 is 0.958 bits per heavy atom. The lowest BCUT2D eigenvalue weighted by molar-refractivity contribution is 0.438. The minimum atomic E-state index is 0.856. The molecule has 1 fully saturated rings. The monoisotopic (exact) mass is 325 g/mol. The average Bonchev–Trinajstić information content (AvgIpc) is 2.63. The Bertz CT molecular complexity index is 660. The number of piperidine rings is 1. The summed E-state index contributed by atoms with van der Waals surface area (Å²) < 4.78 is 0. The zero-order chi connectivity index (χ0) is 16.9. The molecule has 2 aromatic carbocycles. The van der Waals surface area contributed by atoms with Gasteiger partial charge in [0.2, 0.25) is 0 Å². The smallest absolute Gasteiger partial charge is 0.0719 e. The normalized spacial score (nSPS) is 15.2. The predicted octanol–water partition coefficient (Wildman–Crippen LogP) is 3.99. The Kier molecular flexibility index (Phi) is 5.11. The van der Waals surface area contributed by atoms with E-state index < -0.39 is 0 Å². The Morgan fingerprint density at radius 3 is 2.25 bits per heavy atom. The summed E-state index contributed by atoms with van der Waals surface area (Å²) in [6, 6.07) is 14.7. The molecule has 0 radical (unpaired) electrons. The Labute approximate surface area is 144 Å². The Balaban J connectivity index is 1.68. The molecule has 5 heteroatoms. The topological polar surface area (TPSA) is 65.3 Å². The molecule has 0 unspecified atom stereocenters. The fourth-order valence-electron chi connectivity index (χ4n) is 3.14. The van der Waals surface area contributed by atoms with Crippen LogP contribution >= 0.6 is 0 Å². The van der Waals surface area contributed by atoms with Crippen molar-refractivity contribution in [2.75, 3.05) is 41.1 Å². The molecule has 0 atom stereocenters. The van der Waals surface area contributed by atoms with E-state index in [1.54, 1.807) is 0 Å². The van der Waals surface area contributed by atoms with Crippen molar-refractivity contribution < 1.29 is 0 Å². The van der Waals surface area contributed by atoms with E-state index >= 15 is 0 Å². The van der Waals surface area contributed by atoms with Gasteiger partial charge in [-0.1, -0.05) is 6.92 Å². The van der Waals surface area contributed by atoms with Crippen LogP contribution in [0.25, 0.3) is 0 Å². The molecule has 128 valence electrons. The highest BCUT2D eigenvalue weighted by molar-refractivity contribution is 5.75. The maximum Gasteiger partial charge on any atom is 0.0719 e. The molecule has 3 rings (SSSR count). The van der Waals surface area contributed by atoms with Gasteiger partial charge in [-0.25, -0.2) is 0 Å². The van der Waals surface area contributed by atoms with Crippen molar-refractivity contribution in [1.29, 1.82) is 0 Å². The van der Waals surface area contributed by atoms with E-state index in [1.807, 2.05) is 25.2 Å². The third-order valence-corrected chi connectivity index (χ3v) is 4.75. The van der Waals surface area contributed by atoms with Gasteiger partial charge in [-0.05, 0) is 61.2 Å².